The van der Waals surface area contributed by atoms with E-state index < -0.39 is 0 Å². The Morgan fingerprint density at radius 2 is 1.96 bits per heavy atom. The molecule has 9 heteroatoms. The SMILES string of the molecule is Cl.Cl.O=C(c1csc(-c2cnccn2)n1)N1CCC(NCC2CC2)CC1. The molecule has 0 aromatic carbocycles. The second-order valence-electron chi connectivity index (χ2n) is 6.55. The third-order valence-electron chi connectivity index (χ3n) is 4.68. The van der Waals surface area contributed by atoms with Crippen LogP contribution in [0.25, 0.3) is 10.7 Å². The predicted molar refractivity (Wildman–Crippen MR) is 107 cm³/mol. The van der Waals surface area contributed by atoms with Crippen molar-refractivity contribution >= 4 is 42.1 Å². The van der Waals surface area contributed by atoms with E-state index in [4.69, 9.17) is 0 Å². The van der Waals surface area contributed by atoms with Crippen molar-refractivity contribution in [3.05, 3.63) is 29.7 Å². The number of hydrogen-bond donors (Lipinski definition) is 1. The Balaban J connectivity index is 0.00000121. The number of nitrogens with zero attached hydrogens (tertiary/aromatic N) is 4. The van der Waals surface area contributed by atoms with Crippen molar-refractivity contribution in [3.8, 4) is 10.7 Å². The minimum atomic E-state index is 0. The van der Waals surface area contributed by atoms with E-state index in [2.05, 4.69) is 20.3 Å². The first-order chi connectivity index (χ1) is 11.8. The van der Waals surface area contributed by atoms with Crippen LogP contribution in [0, 0.1) is 5.92 Å². The molecule has 1 saturated heterocycles. The molecule has 1 aliphatic heterocycles. The fourth-order valence-electron chi connectivity index (χ4n) is 3.00. The molecule has 2 aliphatic rings. The molecular formula is C17H23Cl2N5OS. The van der Waals surface area contributed by atoms with Crippen LogP contribution in [0.5, 0.6) is 0 Å². The Bertz CT molecular complexity index is 702. The summed E-state index contributed by atoms with van der Waals surface area (Å²) in [4.78, 5) is 27.3. The van der Waals surface area contributed by atoms with Crippen LogP contribution in [-0.2, 0) is 0 Å². The third-order valence-corrected chi connectivity index (χ3v) is 5.54. The van der Waals surface area contributed by atoms with E-state index >= 15 is 0 Å². The lowest BCUT2D eigenvalue weighted by Gasteiger charge is -2.32. The minimum absolute atomic E-state index is 0. The van der Waals surface area contributed by atoms with Gasteiger partial charge in [0.25, 0.3) is 5.91 Å². The highest BCUT2D eigenvalue weighted by Crippen LogP contribution is 2.28. The van der Waals surface area contributed by atoms with Crippen LogP contribution in [0.1, 0.15) is 36.2 Å². The monoisotopic (exact) mass is 415 g/mol. The first kappa shape index (κ1) is 21.0. The molecule has 1 N–H and O–H groups in total. The van der Waals surface area contributed by atoms with Gasteiger partial charge in [0.05, 0.1) is 6.20 Å². The van der Waals surface area contributed by atoms with Crippen LogP contribution in [0.3, 0.4) is 0 Å². The summed E-state index contributed by atoms with van der Waals surface area (Å²) < 4.78 is 0. The first-order valence-corrected chi connectivity index (χ1v) is 9.42. The predicted octanol–water partition coefficient (Wildman–Crippen LogP) is 3.05. The number of carbonyl (C=O) groups is 1. The Labute approximate surface area is 169 Å². The van der Waals surface area contributed by atoms with Crippen molar-refractivity contribution in [2.75, 3.05) is 19.6 Å². The second-order valence-corrected chi connectivity index (χ2v) is 7.40. The fourth-order valence-corrected chi connectivity index (χ4v) is 3.76. The van der Waals surface area contributed by atoms with E-state index in [-0.39, 0.29) is 30.7 Å². The number of carbonyl (C=O) groups excluding carboxylic acids is 1. The lowest BCUT2D eigenvalue weighted by atomic mass is 10.0. The molecule has 0 radical (unpaired) electrons. The van der Waals surface area contributed by atoms with Gasteiger partial charge in [-0.05, 0) is 38.1 Å². The van der Waals surface area contributed by atoms with Gasteiger partial charge in [0, 0.05) is 36.9 Å². The average molecular weight is 416 g/mol. The van der Waals surface area contributed by atoms with Gasteiger partial charge in [0.15, 0.2) is 0 Å². The summed E-state index contributed by atoms with van der Waals surface area (Å²) in [6.45, 7) is 2.75. The molecule has 1 aliphatic carbocycles. The summed E-state index contributed by atoms with van der Waals surface area (Å²) >= 11 is 1.44. The maximum atomic E-state index is 12.6. The van der Waals surface area contributed by atoms with Crippen molar-refractivity contribution in [1.29, 1.82) is 0 Å². The third kappa shape index (κ3) is 5.13. The average Bonchev–Trinajstić information content (AvgIpc) is 3.34. The molecule has 0 bridgehead atoms. The van der Waals surface area contributed by atoms with Crippen LogP contribution >= 0.6 is 36.2 Å². The van der Waals surface area contributed by atoms with Crippen molar-refractivity contribution in [3.63, 3.8) is 0 Å². The molecule has 0 spiro atoms. The molecule has 142 valence electrons. The summed E-state index contributed by atoms with van der Waals surface area (Å²) in [5.41, 5.74) is 1.23. The molecule has 0 unspecified atom stereocenters. The summed E-state index contributed by atoms with van der Waals surface area (Å²) in [6, 6.07) is 0.556. The molecule has 0 atom stereocenters. The molecule has 26 heavy (non-hydrogen) atoms. The minimum Gasteiger partial charge on any atom is -0.337 e. The molecule has 2 aromatic rings. The van der Waals surface area contributed by atoms with Gasteiger partial charge in [-0.3, -0.25) is 14.8 Å². The van der Waals surface area contributed by atoms with Crippen LogP contribution in [0.2, 0.25) is 0 Å². The smallest absolute Gasteiger partial charge is 0.273 e. The number of rotatable bonds is 5. The van der Waals surface area contributed by atoms with Crippen molar-refractivity contribution in [2.24, 2.45) is 5.92 Å². The summed E-state index contributed by atoms with van der Waals surface area (Å²) in [6.07, 6.45) is 9.75. The number of aromatic nitrogens is 3. The van der Waals surface area contributed by atoms with E-state index in [1.165, 1.54) is 24.2 Å². The van der Waals surface area contributed by atoms with Gasteiger partial charge >= 0.3 is 0 Å². The van der Waals surface area contributed by atoms with Crippen molar-refractivity contribution < 1.29 is 4.79 Å². The zero-order valence-electron chi connectivity index (χ0n) is 14.3. The van der Waals surface area contributed by atoms with Crippen LogP contribution in [-0.4, -0.2) is 51.4 Å². The highest BCUT2D eigenvalue weighted by atomic mass is 35.5. The standard InChI is InChI=1S/C17H21N5OS.2ClH/c23-17(15-11-24-16(21-15)14-10-18-5-6-19-14)22-7-3-13(4-8-22)20-9-12-1-2-12;;/h5-6,10-13,20H,1-4,7-9H2;2*1H. The zero-order valence-corrected chi connectivity index (χ0v) is 16.8. The number of piperidine rings is 1. The van der Waals surface area contributed by atoms with Crippen LogP contribution in [0.15, 0.2) is 24.0 Å². The van der Waals surface area contributed by atoms with Crippen LogP contribution < -0.4 is 5.32 Å². The highest BCUT2D eigenvalue weighted by Gasteiger charge is 2.27. The lowest BCUT2D eigenvalue weighted by molar-refractivity contribution is 0.0700. The molecular weight excluding hydrogens is 393 g/mol. The van der Waals surface area contributed by atoms with Gasteiger partial charge in [0.2, 0.25) is 0 Å². The Morgan fingerprint density at radius 1 is 1.19 bits per heavy atom. The van der Waals surface area contributed by atoms with Crippen molar-refractivity contribution in [2.45, 2.75) is 31.7 Å². The number of thiazole rings is 1. The lowest BCUT2D eigenvalue weighted by Crippen LogP contribution is -2.45. The van der Waals surface area contributed by atoms with E-state index in [0.29, 0.717) is 17.4 Å². The van der Waals surface area contributed by atoms with E-state index in [9.17, 15) is 4.79 Å². The number of likely N-dealkylation sites (tertiary alicyclic amines) is 1. The van der Waals surface area contributed by atoms with Crippen molar-refractivity contribution in [1.82, 2.24) is 25.2 Å². The van der Waals surface area contributed by atoms with Gasteiger partial charge < -0.3 is 10.2 Å². The normalized spacial score (nSPS) is 17.3. The maximum absolute atomic E-state index is 12.6. The maximum Gasteiger partial charge on any atom is 0.273 e. The largest absolute Gasteiger partial charge is 0.337 e. The Hall–Kier alpha value is -1.28. The molecule has 2 aromatic heterocycles. The molecule has 1 amide bonds. The number of amides is 1. The number of hydrogen-bond acceptors (Lipinski definition) is 6. The van der Waals surface area contributed by atoms with Gasteiger partial charge in [-0.25, -0.2) is 4.98 Å². The first-order valence-electron chi connectivity index (χ1n) is 8.54. The molecule has 3 heterocycles. The van der Waals surface area contributed by atoms with E-state index in [1.54, 1.807) is 18.6 Å². The molecule has 6 nitrogen and oxygen atoms in total. The van der Waals surface area contributed by atoms with Gasteiger partial charge in [-0.2, -0.15) is 0 Å². The number of nitrogens with one attached hydrogen (secondary N) is 1. The Kier molecular flexibility index (Phi) is 7.76. The second kappa shape index (κ2) is 9.60. The molecule has 2 fully saturated rings. The molecule has 1 saturated carbocycles. The Morgan fingerprint density at radius 3 is 2.62 bits per heavy atom. The number of halogens is 2. The quantitative estimate of drug-likeness (QED) is 0.812. The summed E-state index contributed by atoms with van der Waals surface area (Å²) in [5, 5.41) is 6.21. The summed E-state index contributed by atoms with van der Waals surface area (Å²) in [7, 11) is 0. The van der Waals surface area contributed by atoms with Gasteiger partial charge in [-0.15, -0.1) is 36.2 Å². The zero-order chi connectivity index (χ0) is 16.4. The molecule has 4 rings (SSSR count). The van der Waals surface area contributed by atoms with Gasteiger partial charge in [0.1, 0.15) is 16.4 Å². The van der Waals surface area contributed by atoms with Crippen LogP contribution in [0.4, 0.5) is 0 Å². The highest BCUT2D eigenvalue weighted by molar-refractivity contribution is 7.13. The van der Waals surface area contributed by atoms with E-state index in [1.807, 2.05) is 10.3 Å². The van der Waals surface area contributed by atoms with Gasteiger partial charge in [-0.1, -0.05) is 0 Å². The topological polar surface area (TPSA) is 71.0 Å². The van der Waals surface area contributed by atoms with E-state index in [0.717, 1.165) is 43.4 Å². The fraction of sp³-hybridized carbons (Fsp3) is 0.529. The summed E-state index contributed by atoms with van der Waals surface area (Å²) in [5.74, 6) is 0.932.